The molecule has 1 aromatic carbocycles. The van der Waals surface area contributed by atoms with Crippen LogP contribution in [-0.4, -0.2) is 36.9 Å². The van der Waals surface area contributed by atoms with Crippen molar-refractivity contribution in [2.24, 2.45) is 4.99 Å². The van der Waals surface area contributed by atoms with Gasteiger partial charge in [-0.05, 0) is 29.0 Å². The Kier molecular flexibility index (Phi) is 6.87. The minimum absolute atomic E-state index is 0.271. The number of thiophene rings is 1. The normalized spacial score (nSPS) is 15.9. The fraction of sp³-hybridized carbons (Fsp3) is 0.429. The number of nitrogens with one attached hydrogen (secondary N) is 2. The highest BCUT2D eigenvalue weighted by molar-refractivity contribution is 7.10. The Labute approximate surface area is 165 Å². The van der Waals surface area contributed by atoms with Crippen LogP contribution in [0.15, 0.2) is 46.8 Å². The summed E-state index contributed by atoms with van der Waals surface area (Å²) >= 11 is 1.79. The molecule has 1 aliphatic rings. The number of benzene rings is 1. The van der Waals surface area contributed by atoms with Gasteiger partial charge in [0.2, 0.25) is 5.91 Å². The van der Waals surface area contributed by atoms with Crippen LogP contribution in [0.4, 0.5) is 0 Å². The Balaban J connectivity index is 1.44. The van der Waals surface area contributed by atoms with E-state index in [1.54, 1.807) is 18.4 Å². The van der Waals surface area contributed by atoms with E-state index < -0.39 is 0 Å². The second-order valence-corrected chi connectivity index (χ2v) is 7.94. The van der Waals surface area contributed by atoms with E-state index in [0.29, 0.717) is 12.3 Å². The maximum atomic E-state index is 11.7. The zero-order valence-corrected chi connectivity index (χ0v) is 16.9. The van der Waals surface area contributed by atoms with Gasteiger partial charge in [-0.2, -0.15) is 0 Å². The Hall–Kier alpha value is -2.34. The fourth-order valence-corrected chi connectivity index (χ4v) is 3.97. The van der Waals surface area contributed by atoms with Crippen LogP contribution in [0.2, 0.25) is 0 Å². The Morgan fingerprint density at radius 3 is 2.63 bits per heavy atom. The number of likely N-dealkylation sites (tertiary alicyclic amines) is 1. The van der Waals surface area contributed by atoms with Crippen LogP contribution in [0.3, 0.4) is 0 Å². The molecule has 0 aliphatic carbocycles. The Bertz CT molecular complexity index is 755. The molecule has 0 saturated carbocycles. The summed E-state index contributed by atoms with van der Waals surface area (Å²) in [5, 5.41) is 8.87. The summed E-state index contributed by atoms with van der Waals surface area (Å²) in [6, 6.07) is 12.7. The molecule has 1 aromatic heterocycles. The van der Waals surface area contributed by atoms with Crippen molar-refractivity contribution in [3.05, 3.63) is 57.8 Å². The second kappa shape index (κ2) is 9.55. The van der Waals surface area contributed by atoms with Gasteiger partial charge < -0.3 is 15.5 Å². The molecular weight excluding hydrogens is 356 g/mol. The molecule has 6 heteroatoms. The first-order valence-corrected chi connectivity index (χ1v) is 10.4. The molecular formula is C21H28N4OS. The van der Waals surface area contributed by atoms with Crippen LogP contribution >= 0.6 is 11.3 Å². The highest BCUT2D eigenvalue weighted by atomic mass is 32.1. The molecule has 0 radical (unpaired) electrons. The maximum Gasteiger partial charge on any atom is 0.222 e. The van der Waals surface area contributed by atoms with E-state index in [2.05, 4.69) is 64.3 Å². The van der Waals surface area contributed by atoms with E-state index in [9.17, 15) is 4.79 Å². The van der Waals surface area contributed by atoms with E-state index in [1.807, 2.05) is 4.90 Å². The summed E-state index contributed by atoms with van der Waals surface area (Å²) in [6.45, 7) is 5.39. The van der Waals surface area contributed by atoms with Gasteiger partial charge in [0, 0.05) is 50.4 Å². The standard InChI is InChI=1S/C21H28N4OS/c1-16(19-5-4-12-27-19)13-23-21(22-2)24-14-17-7-9-18(10-8-17)15-25-11-3-6-20(25)26/h4-5,7-10,12,16H,3,6,11,13-15H2,1-2H3,(H2,22,23,24). The predicted octanol–water partition coefficient (Wildman–Crippen LogP) is 3.34. The average Bonchev–Trinajstić information content (AvgIpc) is 3.35. The molecule has 3 rings (SSSR count). The van der Waals surface area contributed by atoms with Crippen LogP contribution in [0, 0.1) is 0 Å². The van der Waals surface area contributed by atoms with Crippen molar-refractivity contribution in [3.8, 4) is 0 Å². The minimum Gasteiger partial charge on any atom is -0.356 e. The lowest BCUT2D eigenvalue weighted by atomic mass is 10.1. The minimum atomic E-state index is 0.271. The monoisotopic (exact) mass is 384 g/mol. The van der Waals surface area contributed by atoms with Crippen LogP contribution < -0.4 is 10.6 Å². The highest BCUT2D eigenvalue weighted by Gasteiger charge is 2.19. The van der Waals surface area contributed by atoms with Gasteiger partial charge in [-0.3, -0.25) is 9.79 Å². The number of rotatable bonds is 7. The van der Waals surface area contributed by atoms with E-state index in [1.165, 1.54) is 16.0 Å². The third kappa shape index (κ3) is 5.57. The van der Waals surface area contributed by atoms with Gasteiger partial charge >= 0.3 is 0 Å². The molecule has 2 aromatic rings. The molecule has 2 heterocycles. The first-order chi connectivity index (χ1) is 13.2. The molecule has 1 atom stereocenters. The predicted molar refractivity (Wildman–Crippen MR) is 112 cm³/mol. The van der Waals surface area contributed by atoms with Crippen molar-refractivity contribution in [2.45, 2.75) is 38.8 Å². The zero-order valence-electron chi connectivity index (χ0n) is 16.1. The summed E-state index contributed by atoms with van der Waals surface area (Å²) in [5.74, 6) is 1.54. The quantitative estimate of drug-likeness (QED) is 0.569. The van der Waals surface area contributed by atoms with Crippen LogP contribution in [0.5, 0.6) is 0 Å². The lowest BCUT2D eigenvalue weighted by Gasteiger charge is -2.16. The van der Waals surface area contributed by atoms with E-state index in [4.69, 9.17) is 0 Å². The average molecular weight is 385 g/mol. The fourth-order valence-electron chi connectivity index (χ4n) is 3.18. The molecule has 27 heavy (non-hydrogen) atoms. The molecule has 1 amide bonds. The summed E-state index contributed by atoms with van der Waals surface area (Å²) < 4.78 is 0. The van der Waals surface area contributed by atoms with Crippen molar-refractivity contribution in [3.63, 3.8) is 0 Å². The SMILES string of the molecule is CN=C(NCc1ccc(CN2CCCC2=O)cc1)NCC(C)c1cccs1. The Morgan fingerprint density at radius 1 is 1.22 bits per heavy atom. The van der Waals surface area contributed by atoms with E-state index in [-0.39, 0.29) is 5.91 Å². The number of nitrogens with zero attached hydrogens (tertiary/aromatic N) is 2. The Morgan fingerprint density at radius 2 is 2.00 bits per heavy atom. The summed E-state index contributed by atoms with van der Waals surface area (Å²) in [4.78, 5) is 19.4. The number of carbonyl (C=O) groups is 1. The van der Waals surface area contributed by atoms with E-state index in [0.717, 1.165) is 38.6 Å². The molecule has 1 aliphatic heterocycles. The highest BCUT2D eigenvalue weighted by Crippen LogP contribution is 2.19. The summed E-state index contributed by atoms with van der Waals surface area (Å²) in [6.07, 6.45) is 1.68. The van der Waals surface area contributed by atoms with Crippen molar-refractivity contribution in [1.82, 2.24) is 15.5 Å². The maximum absolute atomic E-state index is 11.7. The lowest BCUT2D eigenvalue weighted by Crippen LogP contribution is -2.38. The molecule has 1 fully saturated rings. The second-order valence-electron chi connectivity index (χ2n) is 6.96. The van der Waals surface area contributed by atoms with Crippen LogP contribution in [0.25, 0.3) is 0 Å². The van der Waals surface area contributed by atoms with Crippen LogP contribution in [-0.2, 0) is 17.9 Å². The third-order valence-electron chi connectivity index (χ3n) is 4.86. The van der Waals surface area contributed by atoms with Crippen molar-refractivity contribution < 1.29 is 4.79 Å². The number of guanidine groups is 1. The molecule has 2 N–H and O–H groups in total. The molecule has 5 nitrogen and oxygen atoms in total. The number of hydrogen-bond acceptors (Lipinski definition) is 3. The van der Waals surface area contributed by atoms with Gasteiger partial charge in [0.25, 0.3) is 0 Å². The smallest absolute Gasteiger partial charge is 0.222 e. The molecule has 1 unspecified atom stereocenters. The van der Waals surface area contributed by atoms with Gasteiger partial charge in [-0.1, -0.05) is 37.3 Å². The van der Waals surface area contributed by atoms with Gasteiger partial charge in [0.1, 0.15) is 0 Å². The van der Waals surface area contributed by atoms with Crippen LogP contribution in [0.1, 0.15) is 41.7 Å². The topological polar surface area (TPSA) is 56.7 Å². The first kappa shape index (κ1) is 19.4. The largest absolute Gasteiger partial charge is 0.356 e. The van der Waals surface area contributed by atoms with Gasteiger partial charge in [0.05, 0.1) is 0 Å². The zero-order chi connectivity index (χ0) is 19.1. The number of carbonyl (C=O) groups excluding carboxylic acids is 1. The molecule has 144 valence electrons. The van der Waals surface area contributed by atoms with Gasteiger partial charge in [-0.15, -0.1) is 11.3 Å². The molecule has 0 bridgehead atoms. The summed E-state index contributed by atoms with van der Waals surface area (Å²) in [7, 11) is 1.79. The van der Waals surface area contributed by atoms with Crippen molar-refractivity contribution >= 4 is 23.2 Å². The van der Waals surface area contributed by atoms with Crippen molar-refractivity contribution in [2.75, 3.05) is 20.1 Å². The number of amides is 1. The summed E-state index contributed by atoms with van der Waals surface area (Å²) in [5.41, 5.74) is 2.38. The van der Waals surface area contributed by atoms with Gasteiger partial charge in [0.15, 0.2) is 5.96 Å². The van der Waals surface area contributed by atoms with Crippen molar-refractivity contribution in [1.29, 1.82) is 0 Å². The number of hydrogen-bond donors (Lipinski definition) is 2. The first-order valence-electron chi connectivity index (χ1n) is 9.49. The van der Waals surface area contributed by atoms with Gasteiger partial charge in [-0.25, -0.2) is 0 Å². The lowest BCUT2D eigenvalue weighted by molar-refractivity contribution is -0.128. The number of aliphatic imine (C=N–C) groups is 1. The van der Waals surface area contributed by atoms with E-state index >= 15 is 0 Å². The third-order valence-corrected chi connectivity index (χ3v) is 5.96. The molecule has 1 saturated heterocycles. The molecule has 0 spiro atoms.